The zero-order valence-electron chi connectivity index (χ0n) is 12.5. The van der Waals surface area contributed by atoms with Crippen molar-refractivity contribution in [1.29, 1.82) is 0 Å². The Labute approximate surface area is 138 Å². The number of nitrogens with one attached hydrogen (secondary N) is 1. The molecule has 0 unspecified atom stereocenters. The normalized spacial score (nSPS) is 11.7. The number of sulfonamides is 1. The van der Waals surface area contributed by atoms with Gasteiger partial charge in [-0.2, -0.15) is 0 Å². The lowest BCUT2D eigenvalue weighted by Crippen LogP contribution is -2.26. The van der Waals surface area contributed by atoms with Gasteiger partial charge in [-0.15, -0.1) is 0 Å². The van der Waals surface area contributed by atoms with Gasteiger partial charge in [0.2, 0.25) is 10.0 Å². The minimum Gasteiger partial charge on any atom is -0.478 e. The van der Waals surface area contributed by atoms with Crippen molar-refractivity contribution in [2.24, 2.45) is 0 Å². The van der Waals surface area contributed by atoms with Crippen LogP contribution in [0.4, 0.5) is 0 Å². The molecule has 124 valence electrons. The van der Waals surface area contributed by atoms with E-state index in [1.165, 1.54) is 30.7 Å². The van der Waals surface area contributed by atoms with Crippen LogP contribution in [0.1, 0.15) is 15.9 Å². The van der Waals surface area contributed by atoms with Gasteiger partial charge in [0.05, 0.1) is 10.5 Å². The van der Waals surface area contributed by atoms with Crippen LogP contribution in [0.2, 0.25) is 0 Å². The van der Waals surface area contributed by atoms with Crippen molar-refractivity contribution in [3.05, 3.63) is 60.0 Å². The summed E-state index contributed by atoms with van der Waals surface area (Å²) in [7, 11) is -3.68. The van der Waals surface area contributed by atoms with Crippen LogP contribution >= 0.6 is 0 Å². The summed E-state index contributed by atoms with van der Waals surface area (Å²) in [5, 5.41) is 8.83. The third kappa shape index (κ3) is 3.44. The van der Waals surface area contributed by atoms with Crippen LogP contribution in [0.3, 0.4) is 0 Å². The molecule has 0 aliphatic carbocycles. The van der Waals surface area contributed by atoms with Crippen molar-refractivity contribution in [3.8, 4) is 0 Å². The SMILES string of the molecule is O=C(O)c1ccc(S(=O)(=O)NCCc2ccc3ocnc3c2)cc1. The summed E-state index contributed by atoms with van der Waals surface area (Å²) < 4.78 is 32.0. The van der Waals surface area contributed by atoms with Gasteiger partial charge in [-0.25, -0.2) is 22.9 Å². The third-order valence-corrected chi connectivity index (χ3v) is 4.99. The van der Waals surface area contributed by atoms with Gasteiger partial charge < -0.3 is 9.52 Å². The number of benzene rings is 2. The number of oxazole rings is 1. The minimum atomic E-state index is -3.68. The highest BCUT2D eigenvalue weighted by Gasteiger charge is 2.14. The van der Waals surface area contributed by atoms with Crippen LogP contribution in [0.5, 0.6) is 0 Å². The zero-order chi connectivity index (χ0) is 17.2. The highest BCUT2D eigenvalue weighted by Crippen LogP contribution is 2.15. The number of carbonyl (C=O) groups is 1. The van der Waals surface area contributed by atoms with E-state index in [0.29, 0.717) is 12.0 Å². The fourth-order valence-electron chi connectivity index (χ4n) is 2.25. The minimum absolute atomic E-state index is 0.0273. The maximum atomic E-state index is 12.2. The first-order chi connectivity index (χ1) is 11.5. The van der Waals surface area contributed by atoms with E-state index >= 15 is 0 Å². The van der Waals surface area contributed by atoms with Crippen LogP contribution in [-0.4, -0.2) is 31.0 Å². The predicted molar refractivity (Wildman–Crippen MR) is 86.3 cm³/mol. The maximum absolute atomic E-state index is 12.2. The lowest BCUT2D eigenvalue weighted by atomic mass is 10.1. The zero-order valence-corrected chi connectivity index (χ0v) is 13.3. The average Bonchev–Trinajstić information content (AvgIpc) is 3.02. The van der Waals surface area contributed by atoms with Crippen LogP contribution in [0.15, 0.2) is 58.2 Å². The molecule has 1 aromatic heterocycles. The van der Waals surface area contributed by atoms with Crippen LogP contribution in [0.25, 0.3) is 11.1 Å². The van der Waals surface area contributed by atoms with Gasteiger partial charge in [0.1, 0.15) is 5.52 Å². The Hall–Kier alpha value is -2.71. The maximum Gasteiger partial charge on any atom is 0.335 e. The molecule has 3 rings (SSSR count). The Morgan fingerprint density at radius 2 is 1.92 bits per heavy atom. The number of rotatable bonds is 6. The number of fused-ring (bicyclic) bond motifs is 1. The molecule has 7 nitrogen and oxygen atoms in total. The molecule has 0 atom stereocenters. The molecular formula is C16H14N2O5S. The van der Waals surface area contributed by atoms with E-state index in [9.17, 15) is 13.2 Å². The molecule has 0 spiro atoms. The van der Waals surface area contributed by atoms with E-state index in [2.05, 4.69) is 9.71 Å². The summed E-state index contributed by atoms with van der Waals surface area (Å²) in [5.74, 6) is -1.10. The molecule has 0 saturated heterocycles. The third-order valence-electron chi connectivity index (χ3n) is 3.51. The molecule has 24 heavy (non-hydrogen) atoms. The van der Waals surface area contributed by atoms with E-state index in [-0.39, 0.29) is 17.0 Å². The summed E-state index contributed by atoms with van der Waals surface area (Å²) in [6, 6.07) is 10.5. The topological polar surface area (TPSA) is 110 Å². The van der Waals surface area contributed by atoms with E-state index < -0.39 is 16.0 Å². The van der Waals surface area contributed by atoms with Gasteiger partial charge in [0.15, 0.2) is 12.0 Å². The summed E-state index contributed by atoms with van der Waals surface area (Å²) in [6.45, 7) is 0.215. The smallest absolute Gasteiger partial charge is 0.335 e. The molecule has 0 bridgehead atoms. The van der Waals surface area contributed by atoms with Gasteiger partial charge in [-0.1, -0.05) is 6.07 Å². The highest BCUT2D eigenvalue weighted by molar-refractivity contribution is 7.89. The highest BCUT2D eigenvalue weighted by atomic mass is 32.2. The Morgan fingerprint density at radius 1 is 1.17 bits per heavy atom. The van der Waals surface area contributed by atoms with Crippen molar-refractivity contribution in [2.45, 2.75) is 11.3 Å². The van der Waals surface area contributed by atoms with Gasteiger partial charge in [-0.05, 0) is 48.4 Å². The van der Waals surface area contributed by atoms with Crippen LogP contribution < -0.4 is 4.72 Å². The second kappa shape index (κ2) is 6.42. The quantitative estimate of drug-likeness (QED) is 0.707. The lowest BCUT2D eigenvalue weighted by molar-refractivity contribution is 0.0696. The predicted octanol–water partition coefficient (Wildman–Crippen LogP) is 2.05. The van der Waals surface area contributed by atoms with Crippen molar-refractivity contribution in [2.75, 3.05) is 6.54 Å². The second-order valence-electron chi connectivity index (χ2n) is 5.13. The van der Waals surface area contributed by atoms with E-state index in [1.807, 2.05) is 12.1 Å². The Bertz CT molecular complexity index is 977. The fourth-order valence-corrected chi connectivity index (χ4v) is 3.28. The van der Waals surface area contributed by atoms with Gasteiger partial charge in [-0.3, -0.25) is 0 Å². The van der Waals surface area contributed by atoms with Gasteiger partial charge in [0, 0.05) is 6.54 Å². The number of aromatic nitrogens is 1. The Kier molecular flexibility index (Phi) is 4.32. The number of nitrogens with zero attached hydrogens (tertiary/aromatic N) is 1. The van der Waals surface area contributed by atoms with E-state index in [4.69, 9.17) is 9.52 Å². The molecule has 1 heterocycles. The molecule has 2 aromatic carbocycles. The van der Waals surface area contributed by atoms with Crippen LogP contribution in [-0.2, 0) is 16.4 Å². The van der Waals surface area contributed by atoms with E-state index in [1.54, 1.807) is 6.07 Å². The summed E-state index contributed by atoms with van der Waals surface area (Å²) >= 11 is 0. The molecule has 0 fully saturated rings. The number of hydrogen-bond acceptors (Lipinski definition) is 5. The van der Waals surface area contributed by atoms with Crippen molar-refractivity contribution in [1.82, 2.24) is 9.71 Å². The number of aromatic carboxylic acids is 1. The monoisotopic (exact) mass is 346 g/mol. The molecule has 0 amide bonds. The molecule has 0 aliphatic rings. The molecule has 0 aliphatic heterocycles. The van der Waals surface area contributed by atoms with Crippen LogP contribution in [0, 0.1) is 0 Å². The Balaban J connectivity index is 1.65. The molecule has 2 N–H and O–H groups in total. The van der Waals surface area contributed by atoms with Crippen molar-refractivity contribution < 1.29 is 22.7 Å². The molecule has 3 aromatic rings. The average molecular weight is 346 g/mol. The molecule has 0 saturated carbocycles. The lowest BCUT2D eigenvalue weighted by Gasteiger charge is -2.07. The first-order valence-corrected chi connectivity index (χ1v) is 8.59. The molecule has 0 radical (unpaired) electrons. The van der Waals surface area contributed by atoms with Gasteiger partial charge >= 0.3 is 5.97 Å². The first kappa shape index (κ1) is 16.2. The molecule has 8 heteroatoms. The first-order valence-electron chi connectivity index (χ1n) is 7.11. The fraction of sp³-hybridized carbons (Fsp3) is 0.125. The largest absolute Gasteiger partial charge is 0.478 e. The number of carboxylic acid groups (broad SMARTS) is 1. The summed E-state index contributed by atoms with van der Waals surface area (Å²) in [6.07, 6.45) is 1.85. The second-order valence-corrected chi connectivity index (χ2v) is 6.90. The Morgan fingerprint density at radius 3 is 2.62 bits per heavy atom. The number of carboxylic acids is 1. The summed E-state index contributed by atoms with van der Waals surface area (Å²) in [4.78, 5) is 14.9. The standard InChI is InChI=1S/C16H14N2O5S/c19-16(20)12-2-4-13(5-3-12)24(21,22)18-8-7-11-1-6-15-14(9-11)17-10-23-15/h1-6,9-10,18H,7-8H2,(H,19,20). The van der Waals surface area contributed by atoms with Crippen molar-refractivity contribution >= 4 is 27.1 Å². The molecular weight excluding hydrogens is 332 g/mol. The van der Waals surface area contributed by atoms with Crippen molar-refractivity contribution in [3.63, 3.8) is 0 Å². The number of hydrogen-bond donors (Lipinski definition) is 2. The van der Waals surface area contributed by atoms with Gasteiger partial charge in [0.25, 0.3) is 0 Å². The summed E-state index contributed by atoms with van der Waals surface area (Å²) in [5.41, 5.74) is 2.37. The van der Waals surface area contributed by atoms with E-state index in [0.717, 1.165) is 11.1 Å².